The Morgan fingerprint density at radius 3 is 2.48 bits per heavy atom. The van der Waals surface area contributed by atoms with Crippen molar-refractivity contribution in [3.63, 3.8) is 0 Å². The van der Waals surface area contributed by atoms with Crippen LogP contribution in [0.1, 0.15) is 11.1 Å². The van der Waals surface area contributed by atoms with Crippen molar-refractivity contribution in [2.75, 3.05) is 33.3 Å². The van der Waals surface area contributed by atoms with Gasteiger partial charge in [0.2, 0.25) is 5.91 Å². The van der Waals surface area contributed by atoms with E-state index in [0.717, 1.165) is 48.6 Å². The molecule has 5 heteroatoms. The SMILES string of the molecule is COc1ccc(/C(=C/C(=O)N2CCNCC2)c2cccc(Cl)c2)cc1. The molecule has 1 saturated heterocycles. The zero-order chi connectivity index (χ0) is 17.6. The second-order valence-corrected chi connectivity index (χ2v) is 6.31. The number of piperazine rings is 1. The topological polar surface area (TPSA) is 41.6 Å². The molecule has 0 aromatic heterocycles. The van der Waals surface area contributed by atoms with Crippen molar-refractivity contribution >= 4 is 23.1 Å². The maximum Gasteiger partial charge on any atom is 0.247 e. The Kier molecular flexibility index (Phi) is 5.74. The number of nitrogens with zero attached hydrogens (tertiary/aromatic N) is 1. The third-order valence-corrected chi connectivity index (χ3v) is 4.47. The van der Waals surface area contributed by atoms with Gasteiger partial charge in [-0.05, 0) is 41.0 Å². The smallest absolute Gasteiger partial charge is 0.247 e. The Hall–Kier alpha value is -2.30. The fourth-order valence-electron chi connectivity index (χ4n) is 2.86. The molecule has 0 atom stereocenters. The van der Waals surface area contributed by atoms with E-state index in [-0.39, 0.29) is 5.91 Å². The van der Waals surface area contributed by atoms with E-state index in [9.17, 15) is 4.79 Å². The molecule has 130 valence electrons. The third kappa shape index (κ3) is 4.41. The van der Waals surface area contributed by atoms with Gasteiger partial charge in [-0.1, -0.05) is 35.9 Å². The van der Waals surface area contributed by atoms with Gasteiger partial charge in [0.05, 0.1) is 7.11 Å². The van der Waals surface area contributed by atoms with Gasteiger partial charge in [-0.2, -0.15) is 0 Å². The van der Waals surface area contributed by atoms with Gasteiger partial charge in [-0.3, -0.25) is 4.79 Å². The van der Waals surface area contributed by atoms with Crippen molar-refractivity contribution in [2.24, 2.45) is 0 Å². The van der Waals surface area contributed by atoms with E-state index < -0.39 is 0 Å². The van der Waals surface area contributed by atoms with Crippen LogP contribution < -0.4 is 10.1 Å². The minimum atomic E-state index is 0.0206. The maximum atomic E-state index is 12.7. The van der Waals surface area contributed by atoms with Crippen molar-refractivity contribution in [3.05, 3.63) is 70.8 Å². The molecule has 4 nitrogen and oxygen atoms in total. The Balaban J connectivity index is 1.98. The number of nitrogens with one attached hydrogen (secondary N) is 1. The molecular weight excluding hydrogens is 336 g/mol. The average Bonchev–Trinajstić information content (AvgIpc) is 2.67. The minimum absolute atomic E-state index is 0.0206. The summed E-state index contributed by atoms with van der Waals surface area (Å²) in [5.74, 6) is 0.801. The first-order valence-corrected chi connectivity index (χ1v) is 8.67. The molecule has 1 amide bonds. The lowest BCUT2D eigenvalue weighted by atomic mass is 9.97. The number of carbonyl (C=O) groups is 1. The van der Waals surface area contributed by atoms with E-state index >= 15 is 0 Å². The van der Waals surface area contributed by atoms with Gasteiger partial charge < -0.3 is 15.0 Å². The molecular formula is C20H21ClN2O2. The standard InChI is InChI=1S/C20H21ClN2O2/c1-25-18-7-5-15(6-8-18)19(16-3-2-4-17(21)13-16)14-20(24)23-11-9-22-10-12-23/h2-8,13-14,22H,9-12H2,1H3/b19-14-. The largest absolute Gasteiger partial charge is 0.497 e. The number of halogens is 1. The highest BCUT2D eigenvalue weighted by Gasteiger charge is 2.16. The van der Waals surface area contributed by atoms with E-state index in [0.29, 0.717) is 5.02 Å². The summed E-state index contributed by atoms with van der Waals surface area (Å²) in [6.45, 7) is 3.10. The Bertz CT molecular complexity index is 766. The Morgan fingerprint density at radius 2 is 1.84 bits per heavy atom. The summed E-state index contributed by atoms with van der Waals surface area (Å²) in [6, 6.07) is 15.3. The van der Waals surface area contributed by atoms with Gasteiger partial charge in [-0.15, -0.1) is 0 Å². The van der Waals surface area contributed by atoms with Crippen LogP contribution in [0, 0.1) is 0 Å². The zero-order valence-corrected chi connectivity index (χ0v) is 14.9. The Morgan fingerprint density at radius 1 is 1.12 bits per heavy atom. The number of benzene rings is 2. The molecule has 1 fully saturated rings. The van der Waals surface area contributed by atoms with Gasteiger partial charge in [0, 0.05) is 37.3 Å². The van der Waals surface area contributed by atoms with Gasteiger partial charge >= 0.3 is 0 Å². The summed E-state index contributed by atoms with van der Waals surface area (Å²) in [6.07, 6.45) is 1.71. The molecule has 0 radical (unpaired) electrons. The molecule has 0 spiro atoms. The van der Waals surface area contributed by atoms with Gasteiger partial charge in [0.15, 0.2) is 0 Å². The van der Waals surface area contributed by atoms with Crippen LogP contribution in [-0.4, -0.2) is 44.1 Å². The first-order chi connectivity index (χ1) is 12.2. The average molecular weight is 357 g/mol. The van der Waals surface area contributed by atoms with Crippen LogP contribution in [-0.2, 0) is 4.79 Å². The van der Waals surface area contributed by atoms with Crippen molar-refractivity contribution in [2.45, 2.75) is 0 Å². The van der Waals surface area contributed by atoms with Crippen molar-refractivity contribution in [1.82, 2.24) is 10.2 Å². The Labute approximate surface area is 153 Å². The number of hydrogen-bond donors (Lipinski definition) is 1. The predicted octanol–water partition coefficient (Wildman–Crippen LogP) is 3.21. The summed E-state index contributed by atoms with van der Waals surface area (Å²) in [7, 11) is 1.64. The van der Waals surface area contributed by atoms with Crippen LogP contribution in [0.5, 0.6) is 5.75 Å². The molecule has 1 N–H and O–H groups in total. The van der Waals surface area contributed by atoms with Crippen molar-refractivity contribution in [3.8, 4) is 5.75 Å². The second-order valence-electron chi connectivity index (χ2n) is 5.87. The highest BCUT2D eigenvalue weighted by atomic mass is 35.5. The van der Waals surface area contributed by atoms with E-state index in [1.807, 2.05) is 53.4 Å². The number of hydrogen-bond acceptors (Lipinski definition) is 3. The summed E-state index contributed by atoms with van der Waals surface area (Å²) < 4.78 is 5.23. The lowest BCUT2D eigenvalue weighted by Gasteiger charge is -2.26. The summed E-state index contributed by atoms with van der Waals surface area (Å²) >= 11 is 6.16. The van der Waals surface area contributed by atoms with Crippen LogP contribution >= 0.6 is 11.6 Å². The van der Waals surface area contributed by atoms with Crippen LogP contribution in [0.3, 0.4) is 0 Å². The molecule has 2 aromatic carbocycles. The molecule has 2 aromatic rings. The fraction of sp³-hybridized carbons (Fsp3) is 0.250. The number of rotatable bonds is 4. The number of methoxy groups -OCH3 is 1. The van der Waals surface area contributed by atoms with Gasteiger partial charge in [0.25, 0.3) is 0 Å². The quantitative estimate of drug-likeness (QED) is 0.855. The minimum Gasteiger partial charge on any atom is -0.497 e. The highest BCUT2D eigenvalue weighted by Crippen LogP contribution is 2.27. The molecule has 0 saturated carbocycles. The van der Waals surface area contributed by atoms with Gasteiger partial charge in [0.1, 0.15) is 5.75 Å². The van der Waals surface area contributed by atoms with E-state index in [4.69, 9.17) is 16.3 Å². The van der Waals surface area contributed by atoms with Crippen LogP contribution in [0.15, 0.2) is 54.6 Å². The zero-order valence-electron chi connectivity index (χ0n) is 14.2. The third-order valence-electron chi connectivity index (χ3n) is 4.23. The maximum absolute atomic E-state index is 12.7. The normalized spacial score (nSPS) is 15.1. The molecule has 1 aliphatic heterocycles. The monoisotopic (exact) mass is 356 g/mol. The van der Waals surface area contributed by atoms with Crippen molar-refractivity contribution < 1.29 is 9.53 Å². The first-order valence-electron chi connectivity index (χ1n) is 8.29. The summed E-state index contributed by atoms with van der Waals surface area (Å²) in [5, 5.41) is 3.91. The molecule has 0 unspecified atom stereocenters. The molecule has 0 aliphatic carbocycles. The van der Waals surface area contributed by atoms with E-state index in [1.165, 1.54) is 0 Å². The summed E-state index contributed by atoms with van der Waals surface area (Å²) in [4.78, 5) is 14.6. The molecule has 0 bridgehead atoms. The number of amides is 1. The lowest BCUT2D eigenvalue weighted by Crippen LogP contribution is -2.45. The summed E-state index contributed by atoms with van der Waals surface area (Å²) in [5.41, 5.74) is 2.72. The second kappa shape index (κ2) is 8.19. The van der Waals surface area contributed by atoms with E-state index in [2.05, 4.69) is 5.32 Å². The lowest BCUT2D eigenvalue weighted by molar-refractivity contribution is -0.126. The number of ether oxygens (including phenoxy) is 1. The van der Waals surface area contributed by atoms with Crippen LogP contribution in [0.4, 0.5) is 0 Å². The molecule has 1 heterocycles. The molecule has 3 rings (SSSR count). The van der Waals surface area contributed by atoms with Crippen LogP contribution in [0.2, 0.25) is 5.02 Å². The highest BCUT2D eigenvalue weighted by molar-refractivity contribution is 6.30. The number of carbonyl (C=O) groups excluding carboxylic acids is 1. The van der Waals surface area contributed by atoms with E-state index in [1.54, 1.807) is 13.2 Å². The predicted molar refractivity (Wildman–Crippen MR) is 101 cm³/mol. The first kappa shape index (κ1) is 17.5. The molecule has 25 heavy (non-hydrogen) atoms. The van der Waals surface area contributed by atoms with Crippen LogP contribution in [0.25, 0.3) is 5.57 Å². The van der Waals surface area contributed by atoms with Gasteiger partial charge in [-0.25, -0.2) is 0 Å². The van der Waals surface area contributed by atoms with Crippen molar-refractivity contribution in [1.29, 1.82) is 0 Å². The molecule has 1 aliphatic rings. The fourth-order valence-corrected chi connectivity index (χ4v) is 3.05.